The van der Waals surface area contributed by atoms with Gasteiger partial charge in [-0.3, -0.25) is 4.99 Å². The van der Waals surface area contributed by atoms with Gasteiger partial charge in [0.2, 0.25) is 0 Å². The number of aliphatic imine (C=N–C) groups is 1. The molecule has 1 N–H and O–H groups in total. The summed E-state index contributed by atoms with van der Waals surface area (Å²) in [7, 11) is 0. The second-order valence-electron chi connectivity index (χ2n) is 4.88. The van der Waals surface area contributed by atoms with Crippen LogP contribution in [0.2, 0.25) is 0 Å². The molecule has 0 bridgehead atoms. The molecule has 1 aliphatic rings. The summed E-state index contributed by atoms with van der Waals surface area (Å²) < 4.78 is 27.3. The Labute approximate surface area is 126 Å². The van der Waals surface area contributed by atoms with Crippen LogP contribution in [0.15, 0.2) is 47.5 Å². The van der Waals surface area contributed by atoms with Crippen LogP contribution in [0.4, 0.5) is 14.5 Å². The van der Waals surface area contributed by atoms with Crippen molar-refractivity contribution in [3.63, 3.8) is 0 Å². The first kappa shape index (κ1) is 14.1. The maximum atomic E-state index is 13.8. The van der Waals surface area contributed by atoms with Gasteiger partial charge in [0, 0.05) is 11.8 Å². The fraction of sp³-hybridized carbons (Fsp3) is 0.188. The Bertz CT molecular complexity index is 686. The number of anilines is 1. The Kier molecular flexibility index (Phi) is 3.92. The molecule has 2 nitrogen and oxygen atoms in total. The van der Waals surface area contributed by atoms with Crippen LogP contribution < -0.4 is 5.32 Å². The molecule has 0 spiro atoms. The van der Waals surface area contributed by atoms with Gasteiger partial charge < -0.3 is 5.32 Å². The summed E-state index contributed by atoms with van der Waals surface area (Å²) in [5, 5.41) is 3.49. The lowest BCUT2D eigenvalue weighted by Crippen LogP contribution is -2.07. The van der Waals surface area contributed by atoms with Crippen molar-refractivity contribution in [3.05, 3.63) is 65.2 Å². The van der Waals surface area contributed by atoms with E-state index in [2.05, 4.69) is 10.3 Å². The van der Waals surface area contributed by atoms with Gasteiger partial charge in [0.15, 0.2) is 5.17 Å². The highest BCUT2D eigenvalue weighted by Gasteiger charge is 2.20. The van der Waals surface area contributed by atoms with Crippen molar-refractivity contribution in [1.82, 2.24) is 0 Å². The van der Waals surface area contributed by atoms with Crippen molar-refractivity contribution in [1.29, 1.82) is 0 Å². The molecule has 1 heterocycles. The van der Waals surface area contributed by atoms with Gasteiger partial charge in [-0.2, -0.15) is 0 Å². The third-order valence-corrected chi connectivity index (χ3v) is 4.29. The van der Waals surface area contributed by atoms with E-state index in [4.69, 9.17) is 0 Å². The topological polar surface area (TPSA) is 24.4 Å². The van der Waals surface area contributed by atoms with Gasteiger partial charge in [-0.05, 0) is 24.1 Å². The van der Waals surface area contributed by atoms with Gasteiger partial charge in [-0.25, -0.2) is 8.78 Å². The van der Waals surface area contributed by atoms with E-state index in [0.717, 1.165) is 11.3 Å². The van der Waals surface area contributed by atoms with E-state index < -0.39 is 11.6 Å². The molecule has 0 amide bonds. The first-order valence-corrected chi connectivity index (χ1v) is 7.60. The van der Waals surface area contributed by atoms with Crippen molar-refractivity contribution in [3.8, 4) is 0 Å². The van der Waals surface area contributed by atoms with Gasteiger partial charge in [0.05, 0.1) is 11.7 Å². The van der Waals surface area contributed by atoms with Crippen molar-refractivity contribution < 1.29 is 8.78 Å². The highest BCUT2D eigenvalue weighted by atomic mass is 32.2. The molecular weight excluding hydrogens is 290 g/mol. The van der Waals surface area contributed by atoms with Gasteiger partial charge in [-0.15, -0.1) is 0 Å². The predicted molar refractivity (Wildman–Crippen MR) is 83.8 cm³/mol. The van der Waals surface area contributed by atoms with Crippen LogP contribution in [-0.4, -0.2) is 10.9 Å². The zero-order chi connectivity index (χ0) is 14.8. The van der Waals surface area contributed by atoms with E-state index in [1.165, 1.54) is 30.8 Å². The van der Waals surface area contributed by atoms with Crippen molar-refractivity contribution in [2.45, 2.75) is 13.0 Å². The molecule has 0 saturated heterocycles. The molecule has 0 saturated carbocycles. The van der Waals surface area contributed by atoms with Crippen LogP contribution in [0.1, 0.15) is 17.2 Å². The first-order chi connectivity index (χ1) is 10.1. The Morgan fingerprint density at radius 2 is 1.90 bits per heavy atom. The molecule has 1 unspecified atom stereocenters. The van der Waals surface area contributed by atoms with Crippen LogP contribution in [-0.2, 0) is 0 Å². The molecule has 2 aromatic rings. The van der Waals surface area contributed by atoms with E-state index in [-0.39, 0.29) is 11.7 Å². The number of rotatable bonds is 2. The zero-order valence-electron chi connectivity index (χ0n) is 11.4. The largest absolute Gasteiger partial charge is 0.332 e. The molecule has 108 valence electrons. The summed E-state index contributed by atoms with van der Waals surface area (Å²) in [6, 6.07) is 12.3. The van der Waals surface area contributed by atoms with E-state index in [0.29, 0.717) is 10.7 Å². The smallest absolute Gasteiger partial charge is 0.161 e. The standard InChI is InChI=1S/C16H14F2N2S/c1-10-7-13(18)14(8-12(10)17)19-16-20-15(9-21-16)11-5-3-2-4-6-11/h2-8,15H,9H2,1H3,(H,19,20). The minimum absolute atomic E-state index is 0.0528. The highest BCUT2D eigenvalue weighted by Crippen LogP contribution is 2.31. The molecule has 1 aliphatic heterocycles. The Balaban J connectivity index is 1.79. The summed E-state index contributed by atoms with van der Waals surface area (Å²) >= 11 is 1.51. The fourth-order valence-corrected chi connectivity index (χ4v) is 3.11. The maximum absolute atomic E-state index is 13.8. The van der Waals surface area contributed by atoms with E-state index in [1.807, 2.05) is 30.3 Å². The van der Waals surface area contributed by atoms with E-state index >= 15 is 0 Å². The molecule has 1 atom stereocenters. The summed E-state index contributed by atoms with van der Waals surface area (Å²) in [6.07, 6.45) is 0. The Morgan fingerprint density at radius 1 is 1.14 bits per heavy atom. The fourth-order valence-electron chi connectivity index (χ4n) is 2.15. The SMILES string of the molecule is Cc1cc(F)c(NC2=NC(c3ccccc3)CS2)cc1F. The van der Waals surface area contributed by atoms with Crippen LogP contribution in [0.25, 0.3) is 0 Å². The van der Waals surface area contributed by atoms with Crippen LogP contribution in [0.3, 0.4) is 0 Å². The summed E-state index contributed by atoms with van der Waals surface area (Å²) in [5.74, 6) is -0.107. The van der Waals surface area contributed by atoms with Crippen LogP contribution >= 0.6 is 11.8 Å². The van der Waals surface area contributed by atoms with Crippen molar-refractivity contribution in [2.75, 3.05) is 11.1 Å². The van der Waals surface area contributed by atoms with E-state index in [1.54, 1.807) is 0 Å². The number of nitrogens with zero attached hydrogens (tertiary/aromatic N) is 1. The number of benzene rings is 2. The monoisotopic (exact) mass is 304 g/mol. The molecule has 21 heavy (non-hydrogen) atoms. The second kappa shape index (κ2) is 5.85. The molecule has 0 fully saturated rings. The minimum atomic E-state index is -0.472. The van der Waals surface area contributed by atoms with Crippen LogP contribution in [0, 0.1) is 18.6 Å². The third-order valence-electron chi connectivity index (χ3n) is 3.33. The van der Waals surface area contributed by atoms with Crippen molar-refractivity contribution >= 4 is 22.6 Å². The molecule has 3 rings (SSSR count). The average Bonchev–Trinajstić information content (AvgIpc) is 2.94. The number of amidine groups is 1. The first-order valence-electron chi connectivity index (χ1n) is 6.61. The maximum Gasteiger partial charge on any atom is 0.161 e. The molecule has 0 radical (unpaired) electrons. The van der Waals surface area contributed by atoms with Gasteiger partial charge >= 0.3 is 0 Å². The summed E-state index contributed by atoms with van der Waals surface area (Å²) in [4.78, 5) is 4.53. The normalized spacial score (nSPS) is 17.7. The quantitative estimate of drug-likeness (QED) is 0.881. The molecule has 5 heteroatoms. The number of nitrogens with one attached hydrogen (secondary N) is 1. The van der Waals surface area contributed by atoms with Crippen molar-refractivity contribution in [2.24, 2.45) is 4.99 Å². The molecule has 0 aromatic heterocycles. The van der Waals surface area contributed by atoms with E-state index in [9.17, 15) is 8.78 Å². The number of thioether (sulfide) groups is 1. The highest BCUT2D eigenvalue weighted by molar-refractivity contribution is 8.14. The summed E-state index contributed by atoms with van der Waals surface area (Å²) in [5.41, 5.74) is 1.54. The minimum Gasteiger partial charge on any atom is -0.332 e. The Morgan fingerprint density at radius 3 is 2.67 bits per heavy atom. The Hall–Kier alpha value is -1.88. The zero-order valence-corrected chi connectivity index (χ0v) is 12.3. The summed E-state index contributed by atoms with van der Waals surface area (Å²) in [6.45, 7) is 1.54. The van der Waals surface area contributed by atoms with Gasteiger partial charge in [-0.1, -0.05) is 42.1 Å². The number of halogens is 2. The lowest BCUT2D eigenvalue weighted by molar-refractivity contribution is 0.596. The lowest BCUT2D eigenvalue weighted by Gasteiger charge is -2.08. The number of hydrogen-bond acceptors (Lipinski definition) is 3. The lowest BCUT2D eigenvalue weighted by atomic mass is 10.1. The number of aryl methyl sites for hydroxylation is 1. The van der Waals surface area contributed by atoms with Gasteiger partial charge in [0.25, 0.3) is 0 Å². The number of hydrogen-bond donors (Lipinski definition) is 1. The van der Waals surface area contributed by atoms with Crippen LogP contribution in [0.5, 0.6) is 0 Å². The third kappa shape index (κ3) is 3.08. The molecule has 2 aromatic carbocycles. The second-order valence-corrected chi connectivity index (χ2v) is 5.89. The van der Waals surface area contributed by atoms with Gasteiger partial charge in [0.1, 0.15) is 11.6 Å². The predicted octanol–water partition coefficient (Wildman–Crippen LogP) is 4.53. The molecule has 0 aliphatic carbocycles. The molecular formula is C16H14F2N2S. The average molecular weight is 304 g/mol.